The van der Waals surface area contributed by atoms with E-state index in [4.69, 9.17) is 4.74 Å². The number of alkyl halides is 3. The lowest BCUT2D eigenvalue weighted by atomic mass is 10.1. The van der Waals surface area contributed by atoms with Crippen LogP contribution in [0.1, 0.15) is 21.5 Å². The van der Waals surface area contributed by atoms with Gasteiger partial charge in [-0.15, -0.1) is 0 Å². The molecule has 0 aliphatic rings. The van der Waals surface area contributed by atoms with Crippen LogP contribution < -0.4 is 4.74 Å². The highest BCUT2D eigenvalue weighted by Gasteiger charge is 2.34. The van der Waals surface area contributed by atoms with Crippen molar-refractivity contribution in [2.75, 3.05) is 6.61 Å². The largest absolute Gasteiger partial charge is 0.485 e. The molecule has 110 valence electrons. The Kier molecular flexibility index (Phi) is 4.31. The van der Waals surface area contributed by atoms with Gasteiger partial charge in [-0.25, -0.2) is 0 Å². The minimum Gasteiger partial charge on any atom is -0.485 e. The van der Waals surface area contributed by atoms with Crippen molar-refractivity contribution in [1.29, 1.82) is 0 Å². The molecule has 0 N–H and O–H groups in total. The van der Waals surface area contributed by atoms with E-state index < -0.39 is 18.3 Å². The highest BCUT2D eigenvalue weighted by molar-refractivity contribution is 5.97. The maximum atomic E-state index is 12.8. The van der Waals surface area contributed by atoms with Gasteiger partial charge in [-0.2, -0.15) is 13.2 Å². The third kappa shape index (κ3) is 3.84. The Morgan fingerprint density at radius 1 is 1.05 bits per heavy atom. The number of para-hydroxylation sites is 1. The average molecular weight is 294 g/mol. The van der Waals surface area contributed by atoms with Crippen LogP contribution in [0.2, 0.25) is 0 Å². The number of Topliss-reactive ketones (excluding diaryl/α,β-unsaturated/α-hetero) is 1. The van der Waals surface area contributed by atoms with Crippen LogP contribution >= 0.6 is 0 Å². The number of rotatable bonds is 4. The summed E-state index contributed by atoms with van der Waals surface area (Å²) < 4.78 is 43.4. The number of benzene rings is 2. The topological polar surface area (TPSA) is 26.3 Å². The van der Waals surface area contributed by atoms with E-state index in [1.807, 2.05) is 6.92 Å². The van der Waals surface area contributed by atoms with E-state index in [1.54, 1.807) is 24.3 Å². The molecule has 0 heterocycles. The molecule has 2 aromatic carbocycles. The Morgan fingerprint density at radius 3 is 2.29 bits per heavy atom. The smallest absolute Gasteiger partial charge is 0.419 e. The molecular formula is C16H13F3O2. The predicted octanol–water partition coefficient (Wildman–Crippen LogP) is 4.28. The van der Waals surface area contributed by atoms with Crippen LogP contribution in [0.3, 0.4) is 0 Å². The fourth-order valence-corrected chi connectivity index (χ4v) is 1.79. The van der Waals surface area contributed by atoms with E-state index in [2.05, 4.69) is 0 Å². The van der Waals surface area contributed by atoms with Crippen molar-refractivity contribution in [2.45, 2.75) is 13.1 Å². The lowest BCUT2D eigenvalue weighted by Crippen LogP contribution is -2.14. The number of ketones is 1. The quantitative estimate of drug-likeness (QED) is 0.787. The zero-order valence-electron chi connectivity index (χ0n) is 11.3. The molecule has 0 aromatic heterocycles. The molecule has 0 spiro atoms. The fourth-order valence-electron chi connectivity index (χ4n) is 1.79. The van der Waals surface area contributed by atoms with Gasteiger partial charge in [0, 0.05) is 5.56 Å². The van der Waals surface area contributed by atoms with Gasteiger partial charge in [-0.1, -0.05) is 42.0 Å². The fraction of sp³-hybridized carbons (Fsp3) is 0.188. The monoisotopic (exact) mass is 294 g/mol. The Bertz CT molecular complexity index is 631. The maximum absolute atomic E-state index is 12.8. The number of aryl methyl sites for hydroxylation is 1. The van der Waals surface area contributed by atoms with E-state index in [0.717, 1.165) is 11.6 Å². The molecule has 2 aromatic rings. The molecule has 0 saturated heterocycles. The van der Waals surface area contributed by atoms with Gasteiger partial charge < -0.3 is 4.74 Å². The summed E-state index contributed by atoms with van der Waals surface area (Å²) in [6.45, 7) is 1.44. The number of carbonyl (C=O) groups is 1. The average Bonchev–Trinajstić information content (AvgIpc) is 2.45. The SMILES string of the molecule is Cc1ccc(C(=O)COc2ccccc2C(F)(F)F)cc1. The van der Waals surface area contributed by atoms with Gasteiger partial charge in [0.1, 0.15) is 5.75 Å². The van der Waals surface area contributed by atoms with Gasteiger partial charge in [-0.05, 0) is 19.1 Å². The zero-order chi connectivity index (χ0) is 15.5. The van der Waals surface area contributed by atoms with Gasteiger partial charge in [0.05, 0.1) is 5.56 Å². The van der Waals surface area contributed by atoms with E-state index in [9.17, 15) is 18.0 Å². The molecule has 0 atom stereocenters. The molecule has 0 amide bonds. The second-order valence-corrected chi connectivity index (χ2v) is 4.57. The van der Waals surface area contributed by atoms with Crippen molar-refractivity contribution in [3.63, 3.8) is 0 Å². The first-order valence-electron chi connectivity index (χ1n) is 6.27. The molecule has 2 rings (SSSR count). The Balaban J connectivity index is 2.10. The van der Waals surface area contributed by atoms with Crippen LogP contribution in [-0.2, 0) is 6.18 Å². The molecule has 0 radical (unpaired) electrons. The molecule has 2 nitrogen and oxygen atoms in total. The summed E-state index contributed by atoms with van der Waals surface area (Å²) in [5.41, 5.74) is 0.515. The van der Waals surface area contributed by atoms with Gasteiger partial charge in [0.15, 0.2) is 12.4 Å². The summed E-state index contributed by atoms with van der Waals surface area (Å²) in [6.07, 6.45) is -4.51. The summed E-state index contributed by atoms with van der Waals surface area (Å²) in [4.78, 5) is 11.9. The number of hydrogen-bond acceptors (Lipinski definition) is 2. The van der Waals surface area contributed by atoms with Crippen molar-refractivity contribution in [3.8, 4) is 5.75 Å². The van der Waals surface area contributed by atoms with Crippen LogP contribution in [0.25, 0.3) is 0 Å². The van der Waals surface area contributed by atoms with Crippen LogP contribution in [-0.4, -0.2) is 12.4 Å². The second kappa shape index (κ2) is 5.99. The third-order valence-electron chi connectivity index (χ3n) is 2.92. The van der Waals surface area contributed by atoms with Crippen LogP contribution in [0.15, 0.2) is 48.5 Å². The maximum Gasteiger partial charge on any atom is 0.419 e. The van der Waals surface area contributed by atoms with Crippen LogP contribution in [0.5, 0.6) is 5.75 Å². The van der Waals surface area contributed by atoms with Crippen molar-refractivity contribution in [1.82, 2.24) is 0 Å². The molecule has 5 heteroatoms. The molecule has 0 bridgehead atoms. The first kappa shape index (κ1) is 15.1. The lowest BCUT2D eigenvalue weighted by molar-refractivity contribution is -0.138. The zero-order valence-corrected chi connectivity index (χ0v) is 11.3. The summed E-state index contributed by atoms with van der Waals surface area (Å²) >= 11 is 0. The summed E-state index contributed by atoms with van der Waals surface area (Å²) in [6, 6.07) is 11.6. The minimum absolute atomic E-state index is 0.342. The van der Waals surface area contributed by atoms with Crippen molar-refractivity contribution >= 4 is 5.78 Å². The summed E-state index contributed by atoms with van der Waals surface area (Å²) in [7, 11) is 0. The molecule has 0 unspecified atom stereocenters. The van der Waals surface area contributed by atoms with Crippen LogP contribution in [0, 0.1) is 6.92 Å². The molecule has 0 aliphatic carbocycles. The molecule has 21 heavy (non-hydrogen) atoms. The molecule has 0 saturated carbocycles. The van der Waals surface area contributed by atoms with Crippen molar-refractivity contribution < 1.29 is 22.7 Å². The van der Waals surface area contributed by atoms with Gasteiger partial charge in [0.2, 0.25) is 0 Å². The van der Waals surface area contributed by atoms with E-state index in [-0.39, 0.29) is 11.5 Å². The first-order chi connectivity index (χ1) is 9.88. The predicted molar refractivity (Wildman–Crippen MR) is 72.4 cm³/mol. The van der Waals surface area contributed by atoms with E-state index >= 15 is 0 Å². The number of ether oxygens (including phenoxy) is 1. The van der Waals surface area contributed by atoms with E-state index in [0.29, 0.717) is 5.56 Å². The minimum atomic E-state index is -4.51. The highest BCUT2D eigenvalue weighted by atomic mass is 19.4. The second-order valence-electron chi connectivity index (χ2n) is 4.57. The lowest BCUT2D eigenvalue weighted by Gasteiger charge is -2.13. The normalized spacial score (nSPS) is 11.2. The van der Waals surface area contributed by atoms with Crippen molar-refractivity contribution in [2.24, 2.45) is 0 Å². The molecule has 0 fully saturated rings. The van der Waals surface area contributed by atoms with Gasteiger partial charge in [0.25, 0.3) is 0 Å². The van der Waals surface area contributed by atoms with Gasteiger partial charge >= 0.3 is 6.18 Å². The first-order valence-corrected chi connectivity index (χ1v) is 6.27. The van der Waals surface area contributed by atoms with Crippen molar-refractivity contribution in [3.05, 3.63) is 65.2 Å². The highest BCUT2D eigenvalue weighted by Crippen LogP contribution is 2.35. The summed E-state index contributed by atoms with van der Waals surface area (Å²) in [5, 5.41) is 0. The Hall–Kier alpha value is -2.30. The summed E-state index contributed by atoms with van der Waals surface area (Å²) in [5.74, 6) is -0.711. The van der Waals surface area contributed by atoms with E-state index in [1.165, 1.54) is 18.2 Å². The Morgan fingerprint density at radius 2 is 1.67 bits per heavy atom. The number of carbonyl (C=O) groups excluding carboxylic acids is 1. The number of halogens is 3. The standard InChI is InChI=1S/C16H13F3O2/c1-11-6-8-12(9-7-11)14(20)10-21-15-5-3-2-4-13(15)16(17,18)19/h2-9H,10H2,1H3. The van der Waals surface area contributed by atoms with Gasteiger partial charge in [-0.3, -0.25) is 4.79 Å². The number of hydrogen-bond donors (Lipinski definition) is 0. The molecular weight excluding hydrogens is 281 g/mol. The van der Waals surface area contributed by atoms with Crippen LogP contribution in [0.4, 0.5) is 13.2 Å². The third-order valence-corrected chi connectivity index (χ3v) is 2.92. The molecule has 0 aliphatic heterocycles. The Labute approximate surface area is 120 Å².